The molecule has 6 nitrogen and oxygen atoms in total. The molecule has 1 aromatic heterocycles. The summed E-state index contributed by atoms with van der Waals surface area (Å²) in [5.41, 5.74) is 4.22. The van der Waals surface area contributed by atoms with E-state index < -0.39 is 26.8 Å². The lowest BCUT2D eigenvalue weighted by molar-refractivity contribution is -0.139. The minimum atomic E-state index is -4.39. The van der Waals surface area contributed by atoms with Gasteiger partial charge in [0.25, 0.3) is 0 Å². The molecule has 1 aliphatic carbocycles. The molecule has 5 aromatic rings. The van der Waals surface area contributed by atoms with Crippen LogP contribution in [0.3, 0.4) is 0 Å². The number of fused-ring (bicyclic) bond motifs is 1. The molecule has 0 bridgehead atoms. The Bertz CT molecular complexity index is 1890. The van der Waals surface area contributed by atoms with Gasteiger partial charge in [-0.3, -0.25) is 4.79 Å². The highest BCUT2D eigenvalue weighted by Gasteiger charge is 2.49. The molecule has 7 heteroatoms. The Kier molecular flexibility index (Phi) is 7.37. The van der Waals surface area contributed by atoms with Gasteiger partial charge in [0.15, 0.2) is 0 Å². The average molecular weight is 576 g/mol. The van der Waals surface area contributed by atoms with Crippen LogP contribution in [0.25, 0.3) is 16.5 Å². The second kappa shape index (κ2) is 11.3. The molecule has 6 rings (SSSR count). The van der Waals surface area contributed by atoms with Crippen LogP contribution in [0.2, 0.25) is 0 Å². The van der Waals surface area contributed by atoms with Crippen LogP contribution in [0.5, 0.6) is 0 Å². The van der Waals surface area contributed by atoms with Crippen molar-refractivity contribution in [1.82, 2.24) is 4.72 Å². The summed E-state index contributed by atoms with van der Waals surface area (Å²) in [6, 6.07) is 33.7. The zero-order valence-corrected chi connectivity index (χ0v) is 23.5. The van der Waals surface area contributed by atoms with E-state index in [0.717, 1.165) is 16.7 Å². The average Bonchev–Trinajstić information content (AvgIpc) is 3.39. The fourth-order valence-corrected chi connectivity index (χ4v) is 7.42. The Balaban J connectivity index is 1.54. The predicted molar refractivity (Wildman–Crippen MR) is 164 cm³/mol. The molecule has 0 saturated heterocycles. The largest absolute Gasteiger partial charge is 0.480 e. The van der Waals surface area contributed by atoms with E-state index in [9.17, 15) is 18.3 Å². The fourth-order valence-electron chi connectivity index (χ4n) is 5.62. The van der Waals surface area contributed by atoms with Gasteiger partial charge in [-0.2, -0.15) is 4.72 Å². The molecular weight excluding hydrogens is 546 g/mol. The molecule has 0 spiro atoms. The first-order valence-electron chi connectivity index (χ1n) is 13.7. The molecule has 0 saturated carbocycles. The van der Waals surface area contributed by atoms with Crippen LogP contribution in [-0.4, -0.2) is 19.5 Å². The number of nitrogens with one attached hydrogen (secondary N) is 1. The molecular formula is C35H29NO5S. The molecule has 0 aliphatic heterocycles. The monoisotopic (exact) mass is 575 g/mol. The van der Waals surface area contributed by atoms with Crippen LogP contribution in [0.1, 0.15) is 40.5 Å². The lowest BCUT2D eigenvalue weighted by Crippen LogP contribution is -2.46. The van der Waals surface area contributed by atoms with Gasteiger partial charge in [-0.1, -0.05) is 127 Å². The standard InChI is InChI=1S/C35H29NO5S/c37-34(38)33(28-16-8-3-9-17-28)36-42(39,40)35(22-20-27(21-23-35)26-14-6-2-7-15-26)32-29-18-10-11-19-30(29)41-31(32)24-25-12-4-1-5-13-25/h1-22,33,36H,23-24H2,(H,37,38). The van der Waals surface area contributed by atoms with E-state index in [-0.39, 0.29) is 6.42 Å². The van der Waals surface area contributed by atoms with Gasteiger partial charge in [0.05, 0.1) is 0 Å². The van der Waals surface area contributed by atoms with Crippen molar-refractivity contribution in [3.05, 3.63) is 162 Å². The van der Waals surface area contributed by atoms with Crippen LogP contribution < -0.4 is 4.72 Å². The van der Waals surface area contributed by atoms with Crippen molar-refractivity contribution >= 4 is 32.5 Å². The Morgan fingerprint density at radius 3 is 2.12 bits per heavy atom. The van der Waals surface area contributed by atoms with Gasteiger partial charge in [-0.05, 0) is 34.8 Å². The normalized spacial score (nSPS) is 17.6. The van der Waals surface area contributed by atoms with E-state index in [4.69, 9.17) is 4.42 Å². The summed E-state index contributed by atoms with van der Waals surface area (Å²) in [5.74, 6) is -0.776. The third kappa shape index (κ3) is 5.09. The van der Waals surface area contributed by atoms with E-state index >= 15 is 0 Å². The summed E-state index contributed by atoms with van der Waals surface area (Å²) < 4.78 is 36.7. The number of carbonyl (C=O) groups is 1. The van der Waals surface area contributed by atoms with Gasteiger partial charge in [0.1, 0.15) is 22.1 Å². The van der Waals surface area contributed by atoms with E-state index in [1.807, 2.05) is 97.1 Å². The molecule has 2 N–H and O–H groups in total. The number of sulfonamides is 1. The highest BCUT2D eigenvalue weighted by Crippen LogP contribution is 2.47. The number of carboxylic acid groups (broad SMARTS) is 1. The minimum absolute atomic E-state index is 0.0789. The van der Waals surface area contributed by atoms with Crippen LogP contribution in [0, 0.1) is 0 Å². The molecule has 2 unspecified atom stereocenters. The van der Waals surface area contributed by atoms with Gasteiger partial charge in [0.2, 0.25) is 10.0 Å². The maximum absolute atomic E-state index is 14.7. The molecule has 0 amide bonds. The number of aliphatic carboxylic acids is 1. The summed E-state index contributed by atoms with van der Waals surface area (Å²) in [5, 5.41) is 10.8. The maximum atomic E-state index is 14.7. The van der Waals surface area contributed by atoms with E-state index in [0.29, 0.717) is 34.3 Å². The van der Waals surface area contributed by atoms with Crippen molar-refractivity contribution in [2.75, 3.05) is 0 Å². The van der Waals surface area contributed by atoms with Gasteiger partial charge in [0, 0.05) is 17.4 Å². The second-order valence-electron chi connectivity index (χ2n) is 10.3. The number of rotatable bonds is 9. The van der Waals surface area contributed by atoms with Crippen molar-refractivity contribution < 1.29 is 22.7 Å². The first-order valence-corrected chi connectivity index (χ1v) is 15.2. The summed E-state index contributed by atoms with van der Waals surface area (Å²) in [4.78, 5) is 12.4. The van der Waals surface area contributed by atoms with Crippen molar-refractivity contribution in [2.24, 2.45) is 0 Å². The maximum Gasteiger partial charge on any atom is 0.326 e. The molecule has 0 radical (unpaired) electrons. The summed E-state index contributed by atoms with van der Waals surface area (Å²) in [6.45, 7) is 0. The van der Waals surface area contributed by atoms with Crippen LogP contribution in [0.4, 0.5) is 0 Å². The summed E-state index contributed by atoms with van der Waals surface area (Å²) >= 11 is 0. The van der Waals surface area contributed by atoms with Crippen LogP contribution in [-0.2, 0) is 26.0 Å². The SMILES string of the molecule is O=C(O)C(NS(=O)(=O)C1(c2c(Cc3ccccc3)oc3ccccc23)C=CC(c2ccccc2)=CC1)c1ccccc1. The van der Waals surface area contributed by atoms with E-state index in [2.05, 4.69) is 4.72 Å². The fraction of sp³-hybridized carbons (Fsp3) is 0.114. The van der Waals surface area contributed by atoms with Gasteiger partial charge >= 0.3 is 5.97 Å². The van der Waals surface area contributed by atoms with Gasteiger partial charge in [-0.25, -0.2) is 8.42 Å². The van der Waals surface area contributed by atoms with Crippen molar-refractivity contribution in [3.63, 3.8) is 0 Å². The van der Waals surface area contributed by atoms with E-state index in [1.54, 1.807) is 36.4 Å². The van der Waals surface area contributed by atoms with Crippen molar-refractivity contribution in [2.45, 2.75) is 23.6 Å². The Morgan fingerprint density at radius 1 is 0.857 bits per heavy atom. The van der Waals surface area contributed by atoms with Crippen molar-refractivity contribution in [3.8, 4) is 0 Å². The second-order valence-corrected chi connectivity index (χ2v) is 12.3. The zero-order chi connectivity index (χ0) is 29.2. The molecule has 210 valence electrons. The summed E-state index contributed by atoms with van der Waals surface area (Å²) in [6.07, 6.45) is 5.85. The highest BCUT2D eigenvalue weighted by atomic mass is 32.2. The van der Waals surface area contributed by atoms with Crippen molar-refractivity contribution in [1.29, 1.82) is 0 Å². The number of carboxylic acids is 1. The number of allylic oxidation sites excluding steroid dienone is 3. The molecule has 4 aromatic carbocycles. The third-order valence-electron chi connectivity index (χ3n) is 7.70. The first-order chi connectivity index (χ1) is 20.4. The number of hydrogen-bond donors (Lipinski definition) is 2. The van der Waals surface area contributed by atoms with Gasteiger partial charge < -0.3 is 9.52 Å². The lowest BCUT2D eigenvalue weighted by atomic mass is 9.85. The number of para-hydroxylation sites is 1. The lowest BCUT2D eigenvalue weighted by Gasteiger charge is -2.34. The zero-order valence-electron chi connectivity index (χ0n) is 22.7. The van der Waals surface area contributed by atoms with Crippen LogP contribution >= 0.6 is 0 Å². The smallest absolute Gasteiger partial charge is 0.326 e. The minimum Gasteiger partial charge on any atom is -0.480 e. The van der Waals surface area contributed by atoms with Crippen LogP contribution in [0.15, 0.2) is 138 Å². The molecule has 42 heavy (non-hydrogen) atoms. The number of hydrogen-bond acceptors (Lipinski definition) is 4. The number of furan rings is 1. The molecule has 2 atom stereocenters. The molecule has 1 heterocycles. The summed E-state index contributed by atoms with van der Waals surface area (Å²) in [7, 11) is -4.39. The Labute approximate surface area is 244 Å². The Hall–Kier alpha value is -4.72. The quantitative estimate of drug-likeness (QED) is 0.197. The van der Waals surface area contributed by atoms with Gasteiger partial charge in [-0.15, -0.1) is 0 Å². The highest BCUT2D eigenvalue weighted by molar-refractivity contribution is 7.90. The third-order valence-corrected chi connectivity index (χ3v) is 9.71. The predicted octanol–water partition coefficient (Wildman–Crippen LogP) is 7.01. The Morgan fingerprint density at radius 2 is 1.48 bits per heavy atom. The van der Waals surface area contributed by atoms with E-state index in [1.165, 1.54) is 0 Å². The topological polar surface area (TPSA) is 96.6 Å². The first kappa shape index (κ1) is 27.4. The molecule has 1 aliphatic rings. The molecule has 0 fully saturated rings. The number of benzene rings is 4.